The van der Waals surface area contributed by atoms with Gasteiger partial charge in [-0.3, -0.25) is 8.74 Å². The van der Waals surface area contributed by atoms with E-state index in [0.717, 1.165) is 12.8 Å². The lowest BCUT2D eigenvalue weighted by Crippen LogP contribution is -2.31. The molecular formula is C10H23NO3S2. The summed E-state index contributed by atoms with van der Waals surface area (Å²) in [5, 5.41) is 3.29. The fourth-order valence-electron chi connectivity index (χ4n) is 1.50. The Morgan fingerprint density at radius 3 is 2.62 bits per heavy atom. The first-order valence-electron chi connectivity index (χ1n) is 5.84. The number of unbranched alkanes of at least 4 members (excludes halogenated alkanes) is 2. The molecule has 0 amide bonds. The number of nitrogens with one attached hydrogen (secondary N) is 1. The van der Waals surface area contributed by atoms with E-state index >= 15 is 0 Å². The Kier molecular flexibility index (Phi) is 9.44. The molecule has 16 heavy (non-hydrogen) atoms. The van der Waals surface area contributed by atoms with Crippen LogP contribution in [0.5, 0.6) is 0 Å². The average molecular weight is 269 g/mol. The summed E-state index contributed by atoms with van der Waals surface area (Å²) in [6.07, 6.45) is 5.91. The fourth-order valence-corrected chi connectivity index (χ4v) is 2.00. The van der Waals surface area contributed by atoms with E-state index in [1.165, 1.54) is 19.3 Å². The third-order valence-electron chi connectivity index (χ3n) is 2.42. The van der Waals surface area contributed by atoms with Gasteiger partial charge >= 0.3 is 0 Å². The van der Waals surface area contributed by atoms with Crippen molar-refractivity contribution in [2.45, 2.75) is 52.0 Å². The molecule has 0 aromatic heterocycles. The molecule has 1 unspecified atom stereocenters. The third-order valence-corrected chi connectivity index (χ3v) is 3.17. The normalized spacial score (nSPS) is 16.9. The lowest BCUT2D eigenvalue weighted by molar-refractivity contribution is 0.291. The highest BCUT2D eigenvalue weighted by Crippen LogP contribution is 2.05. The van der Waals surface area contributed by atoms with Crippen molar-refractivity contribution >= 4 is 20.2 Å². The van der Waals surface area contributed by atoms with Crippen molar-refractivity contribution in [3.63, 3.8) is 0 Å². The van der Waals surface area contributed by atoms with E-state index < -0.39 is 9.05 Å². The van der Waals surface area contributed by atoms with E-state index in [9.17, 15) is 4.21 Å². The molecule has 0 saturated heterocycles. The maximum atomic E-state index is 10.6. The molecular weight excluding hydrogens is 246 g/mol. The van der Waals surface area contributed by atoms with Crippen LogP contribution in [0.15, 0.2) is 0 Å². The van der Waals surface area contributed by atoms with Crippen molar-refractivity contribution in [3.8, 4) is 0 Å². The highest BCUT2D eigenvalue weighted by atomic mass is 32.9. The van der Waals surface area contributed by atoms with Crippen molar-refractivity contribution in [1.82, 2.24) is 5.32 Å². The molecule has 0 fully saturated rings. The monoisotopic (exact) mass is 269 g/mol. The van der Waals surface area contributed by atoms with E-state index in [4.69, 9.17) is 4.55 Å². The minimum Gasteiger partial charge on any atom is -0.312 e. The van der Waals surface area contributed by atoms with Gasteiger partial charge in [-0.15, -0.1) is 0 Å². The highest BCUT2D eigenvalue weighted by Gasteiger charge is 2.05. The average Bonchev–Trinajstić information content (AvgIpc) is 2.20. The third kappa shape index (κ3) is 10.8. The van der Waals surface area contributed by atoms with Gasteiger partial charge in [0.15, 0.2) is 0 Å². The van der Waals surface area contributed by atoms with Crippen LogP contribution < -0.4 is 5.32 Å². The molecule has 4 nitrogen and oxygen atoms in total. The molecule has 0 aliphatic heterocycles. The van der Waals surface area contributed by atoms with Crippen LogP contribution in [0.25, 0.3) is 0 Å². The molecule has 0 aromatic carbocycles. The second kappa shape index (κ2) is 9.30. The minimum absolute atomic E-state index is 0.184. The molecule has 0 aliphatic rings. The van der Waals surface area contributed by atoms with Gasteiger partial charge in [0.25, 0.3) is 9.05 Å². The van der Waals surface area contributed by atoms with E-state index in [-0.39, 0.29) is 6.61 Å². The SMILES string of the molecule is CCCCC[C@H](CC)NCCOS(=O)(O)=S. The Morgan fingerprint density at radius 1 is 1.44 bits per heavy atom. The minimum atomic E-state index is -3.46. The second-order valence-electron chi connectivity index (χ2n) is 3.80. The van der Waals surface area contributed by atoms with Gasteiger partial charge < -0.3 is 5.32 Å². The van der Waals surface area contributed by atoms with Crippen LogP contribution in [0.3, 0.4) is 0 Å². The summed E-state index contributed by atoms with van der Waals surface area (Å²) in [4.78, 5) is 0. The van der Waals surface area contributed by atoms with Crippen LogP contribution in [0.2, 0.25) is 0 Å². The zero-order chi connectivity index (χ0) is 12.4. The quantitative estimate of drug-likeness (QED) is 0.595. The topological polar surface area (TPSA) is 58.6 Å². The summed E-state index contributed by atoms with van der Waals surface area (Å²) in [5.41, 5.74) is 0. The Bertz CT molecular complexity index is 255. The molecule has 6 heteroatoms. The van der Waals surface area contributed by atoms with Crippen molar-refractivity contribution in [2.24, 2.45) is 0 Å². The largest absolute Gasteiger partial charge is 0.312 e. The van der Waals surface area contributed by atoms with E-state index in [1.54, 1.807) is 0 Å². The highest BCUT2D eigenvalue weighted by molar-refractivity contribution is 8.27. The maximum absolute atomic E-state index is 10.6. The summed E-state index contributed by atoms with van der Waals surface area (Å²) in [7, 11) is -3.46. The molecule has 0 rings (SSSR count). The molecule has 98 valence electrons. The molecule has 0 spiro atoms. The lowest BCUT2D eigenvalue weighted by atomic mass is 10.1. The maximum Gasteiger partial charge on any atom is 0.266 e. The van der Waals surface area contributed by atoms with Gasteiger partial charge in [-0.2, -0.15) is 4.21 Å². The summed E-state index contributed by atoms with van der Waals surface area (Å²) in [6.45, 7) is 5.07. The van der Waals surface area contributed by atoms with Crippen LogP contribution in [-0.2, 0) is 24.4 Å². The van der Waals surface area contributed by atoms with Crippen LogP contribution in [0.1, 0.15) is 46.0 Å². The molecule has 0 heterocycles. The second-order valence-corrected chi connectivity index (χ2v) is 6.16. The standard InChI is InChI=1S/C10H23NO3S2/c1-3-5-6-7-10(4-2)11-8-9-14-16(12,13)15/h10-11H,3-9H2,1-2H3,(H,12,13,15)/t10-/m0/s1. The summed E-state index contributed by atoms with van der Waals surface area (Å²) in [6, 6.07) is 0.468. The first-order chi connectivity index (χ1) is 7.49. The van der Waals surface area contributed by atoms with Gasteiger partial charge in [-0.1, -0.05) is 33.1 Å². The Morgan fingerprint density at radius 2 is 2.12 bits per heavy atom. The first kappa shape index (κ1) is 16.2. The van der Waals surface area contributed by atoms with E-state index in [1.807, 2.05) is 0 Å². The van der Waals surface area contributed by atoms with Crippen molar-refractivity contribution < 1.29 is 12.9 Å². The Balaban J connectivity index is 3.55. The molecule has 0 saturated carbocycles. The van der Waals surface area contributed by atoms with Crippen LogP contribution in [0, 0.1) is 0 Å². The van der Waals surface area contributed by atoms with Crippen molar-refractivity contribution in [3.05, 3.63) is 0 Å². The summed E-state index contributed by atoms with van der Waals surface area (Å²) < 4.78 is 23.9. The summed E-state index contributed by atoms with van der Waals surface area (Å²) >= 11 is 4.21. The molecule has 2 atom stereocenters. The lowest BCUT2D eigenvalue weighted by Gasteiger charge is -2.16. The molecule has 2 N–H and O–H groups in total. The van der Waals surface area contributed by atoms with Crippen LogP contribution >= 0.6 is 0 Å². The number of hydrogen-bond acceptors (Lipinski definition) is 4. The van der Waals surface area contributed by atoms with Crippen LogP contribution in [0.4, 0.5) is 0 Å². The summed E-state index contributed by atoms with van der Waals surface area (Å²) in [5.74, 6) is 0. The van der Waals surface area contributed by atoms with Gasteiger partial charge in [0.2, 0.25) is 0 Å². The Labute approximate surface area is 104 Å². The molecule has 0 aromatic rings. The predicted octanol–water partition coefficient (Wildman–Crippen LogP) is 2.09. The molecule has 0 radical (unpaired) electrons. The van der Waals surface area contributed by atoms with E-state index in [0.29, 0.717) is 12.6 Å². The smallest absolute Gasteiger partial charge is 0.266 e. The number of hydrogen-bond donors (Lipinski definition) is 2. The van der Waals surface area contributed by atoms with Gasteiger partial charge in [0.05, 0.1) is 6.61 Å². The van der Waals surface area contributed by atoms with E-state index in [2.05, 4.69) is 34.5 Å². The molecule has 0 aliphatic carbocycles. The Hall–Kier alpha value is 0.250. The first-order valence-corrected chi connectivity index (χ1v) is 8.21. The zero-order valence-corrected chi connectivity index (χ0v) is 11.7. The van der Waals surface area contributed by atoms with Gasteiger partial charge in [-0.05, 0) is 12.8 Å². The van der Waals surface area contributed by atoms with Gasteiger partial charge in [0.1, 0.15) is 0 Å². The van der Waals surface area contributed by atoms with Crippen LogP contribution in [-0.4, -0.2) is 28.0 Å². The predicted molar refractivity (Wildman–Crippen MR) is 70.3 cm³/mol. The number of rotatable bonds is 10. The fraction of sp³-hybridized carbons (Fsp3) is 1.00. The van der Waals surface area contributed by atoms with Crippen molar-refractivity contribution in [1.29, 1.82) is 0 Å². The van der Waals surface area contributed by atoms with Crippen molar-refractivity contribution in [2.75, 3.05) is 13.2 Å². The molecule has 0 bridgehead atoms. The zero-order valence-electron chi connectivity index (χ0n) is 10.1. The van der Waals surface area contributed by atoms with Gasteiger partial charge in [-0.25, -0.2) is 0 Å². The van der Waals surface area contributed by atoms with Gasteiger partial charge in [0, 0.05) is 23.8 Å².